The molecule has 10 nitrogen and oxygen atoms in total. The van der Waals surface area contributed by atoms with Gasteiger partial charge in [-0.2, -0.15) is 9.57 Å². The topological polar surface area (TPSA) is 147 Å². The molecule has 0 aliphatic carbocycles. The first kappa shape index (κ1) is 26.4. The fraction of sp³-hybridized carbons (Fsp3) is 0.240. The van der Waals surface area contributed by atoms with E-state index >= 15 is 0 Å². The van der Waals surface area contributed by atoms with Gasteiger partial charge >= 0.3 is 0 Å². The van der Waals surface area contributed by atoms with Crippen LogP contribution in [0.4, 0.5) is 5.69 Å². The van der Waals surface area contributed by atoms with Gasteiger partial charge in [-0.3, -0.25) is 20.2 Å². The number of rotatable bonds is 6. The summed E-state index contributed by atoms with van der Waals surface area (Å²) in [4.78, 5) is 22.3. The van der Waals surface area contributed by atoms with Crippen molar-refractivity contribution in [3.05, 3.63) is 115 Å². The van der Waals surface area contributed by atoms with Crippen LogP contribution in [0.5, 0.6) is 0 Å². The van der Waals surface area contributed by atoms with Crippen LogP contribution < -0.4 is 0 Å². The molecule has 190 valence electrons. The molecule has 4 rings (SSSR count). The van der Waals surface area contributed by atoms with Gasteiger partial charge in [-0.15, -0.1) is 0 Å². The van der Waals surface area contributed by atoms with Crippen molar-refractivity contribution in [2.24, 2.45) is 5.92 Å². The van der Waals surface area contributed by atoms with Gasteiger partial charge in [0.1, 0.15) is 12.1 Å². The normalized spacial score (nSPS) is 24.2. The number of halogens is 1. The second-order valence-corrected chi connectivity index (χ2v) is 11.5. The highest BCUT2D eigenvalue weighted by atomic mass is 79.9. The van der Waals surface area contributed by atoms with E-state index in [0.29, 0.717) is 15.6 Å². The lowest BCUT2D eigenvalue weighted by molar-refractivity contribution is -0.540. The molecule has 0 amide bonds. The molecule has 3 aromatic carbocycles. The zero-order valence-corrected chi connectivity index (χ0v) is 21.8. The number of nitriles is 1. The Morgan fingerprint density at radius 2 is 1.51 bits per heavy atom. The highest BCUT2D eigenvalue weighted by Crippen LogP contribution is 2.49. The van der Waals surface area contributed by atoms with Gasteiger partial charge in [0.25, 0.3) is 5.69 Å². The predicted octanol–water partition coefficient (Wildman–Crippen LogP) is 5.06. The van der Waals surface area contributed by atoms with Crippen LogP contribution in [0.1, 0.15) is 30.0 Å². The third kappa shape index (κ3) is 4.85. The van der Waals surface area contributed by atoms with Crippen molar-refractivity contribution < 1.29 is 18.3 Å². The van der Waals surface area contributed by atoms with Gasteiger partial charge in [-0.1, -0.05) is 65.3 Å². The number of hydrogen-bond donors (Lipinski definition) is 0. The average molecular weight is 585 g/mol. The van der Waals surface area contributed by atoms with Crippen LogP contribution in [0.2, 0.25) is 0 Å². The molecule has 0 N–H and O–H groups in total. The third-order valence-electron chi connectivity index (χ3n) is 6.70. The zero-order chi connectivity index (χ0) is 26.9. The maximum absolute atomic E-state index is 14.0. The average Bonchev–Trinajstić information content (AvgIpc) is 2.88. The van der Waals surface area contributed by atoms with Crippen molar-refractivity contribution in [3.8, 4) is 6.07 Å². The van der Waals surface area contributed by atoms with Crippen LogP contribution in [0.3, 0.4) is 0 Å². The summed E-state index contributed by atoms with van der Waals surface area (Å²) in [5, 5.41) is 34.0. The molecule has 1 aliphatic rings. The van der Waals surface area contributed by atoms with E-state index < -0.39 is 49.8 Å². The van der Waals surface area contributed by atoms with E-state index in [1.54, 1.807) is 61.5 Å². The number of benzene rings is 3. The first-order valence-corrected chi connectivity index (χ1v) is 13.4. The molecule has 1 heterocycles. The number of sulfonamides is 1. The van der Waals surface area contributed by atoms with E-state index in [4.69, 9.17) is 0 Å². The largest absolute Gasteiger partial charge is 0.269 e. The third-order valence-corrected chi connectivity index (χ3v) is 9.10. The van der Waals surface area contributed by atoms with Crippen LogP contribution >= 0.6 is 15.9 Å². The number of hydrogen-bond acceptors (Lipinski definition) is 7. The standard InChI is InChI=1S/C25H21BrN4O6S/c1-16-22(15-27)28(37(35,36)21-13-11-20(12-14-21)29(31)32)24(18-7-9-19(26)10-8-18)25(30(33)34)23(16)17-5-3-2-4-6-17/h2-14,16,22-25H,1H3/t16-,22+,23-,24+,25-/m0/s1. The van der Waals surface area contributed by atoms with Crippen molar-refractivity contribution in [2.75, 3.05) is 0 Å². The van der Waals surface area contributed by atoms with Gasteiger partial charge in [-0.25, -0.2) is 8.42 Å². The minimum Gasteiger partial charge on any atom is -0.264 e. The number of nitrogens with zero attached hydrogens (tertiary/aromatic N) is 4. The lowest BCUT2D eigenvalue weighted by Gasteiger charge is -2.46. The summed E-state index contributed by atoms with van der Waals surface area (Å²) in [5.74, 6) is -1.51. The predicted molar refractivity (Wildman–Crippen MR) is 138 cm³/mol. The minimum absolute atomic E-state index is 0.298. The highest BCUT2D eigenvalue weighted by Gasteiger charge is 2.58. The molecule has 37 heavy (non-hydrogen) atoms. The molecule has 0 spiro atoms. The van der Waals surface area contributed by atoms with Gasteiger partial charge < -0.3 is 0 Å². The Kier molecular flexibility index (Phi) is 7.40. The van der Waals surface area contributed by atoms with E-state index in [1.165, 1.54) is 0 Å². The lowest BCUT2D eigenvalue weighted by Crippen LogP contribution is -2.59. The lowest BCUT2D eigenvalue weighted by atomic mass is 9.71. The van der Waals surface area contributed by atoms with E-state index in [0.717, 1.165) is 28.6 Å². The Morgan fingerprint density at radius 3 is 2.03 bits per heavy atom. The second-order valence-electron chi connectivity index (χ2n) is 8.73. The summed E-state index contributed by atoms with van der Waals surface area (Å²) in [6, 6.07) is 17.6. The van der Waals surface area contributed by atoms with E-state index in [1.807, 2.05) is 0 Å². The van der Waals surface area contributed by atoms with Crippen molar-refractivity contribution in [1.29, 1.82) is 5.26 Å². The Hall–Kier alpha value is -3.66. The summed E-state index contributed by atoms with van der Waals surface area (Å²) >= 11 is 3.33. The number of nitro benzene ring substituents is 1. The summed E-state index contributed by atoms with van der Waals surface area (Å²) in [6.07, 6.45) is 0. The fourth-order valence-corrected chi connectivity index (χ4v) is 7.09. The van der Waals surface area contributed by atoms with Gasteiger partial charge in [0.15, 0.2) is 0 Å². The van der Waals surface area contributed by atoms with Gasteiger partial charge in [0.2, 0.25) is 16.1 Å². The van der Waals surface area contributed by atoms with Crippen molar-refractivity contribution in [2.45, 2.75) is 35.9 Å². The first-order chi connectivity index (χ1) is 17.6. The maximum atomic E-state index is 14.0. The van der Waals surface area contributed by atoms with E-state index in [-0.39, 0.29) is 10.6 Å². The van der Waals surface area contributed by atoms with Crippen LogP contribution in [0.25, 0.3) is 0 Å². The Balaban J connectivity index is 1.97. The highest BCUT2D eigenvalue weighted by molar-refractivity contribution is 9.10. The second kappa shape index (κ2) is 10.4. The Labute approximate surface area is 221 Å². The van der Waals surface area contributed by atoms with Crippen molar-refractivity contribution in [3.63, 3.8) is 0 Å². The summed E-state index contributed by atoms with van der Waals surface area (Å²) < 4.78 is 29.6. The molecule has 5 atom stereocenters. The quantitative estimate of drug-likeness (QED) is 0.290. The van der Waals surface area contributed by atoms with Crippen molar-refractivity contribution >= 4 is 31.6 Å². The molecule has 0 aromatic heterocycles. The SMILES string of the molecule is C[C@@H]1[C@@H](c2ccccc2)[C@H]([N+](=O)[O-])[C@@H](c2ccc(Br)cc2)N(S(=O)(=O)c2ccc([N+](=O)[O-])cc2)[C@@H]1C#N. The number of piperidine rings is 1. The molecular formula is C25H21BrN4O6S. The Bertz CT molecular complexity index is 1460. The monoisotopic (exact) mass is 584 g/mol. The number of nitro groups is 2. The molecule has 0 unspecified atom stereocenters. The molecule has 1 saturated heterocycles. The van der Waals surface area contributed by atoms with Crippen LogP contribution in [-0.4, -0.2) is 34.7 Å². The number of non-ortho nitro benzene ring substituents is 1. The Morgan fingerprint density at radius 1 is 0.919 bits per heavy atom. The summed E-state index contributed by atoms with van der Waals surface area (Å²) in [5.41, 5.74) is 0.675. The van der Waals surface area contributed by atoms with Crippen LogP contribution in [-0.2, 0) is 10.0 Å². The molecule has 12 heteroatoms. The molecule has 0 saturated carbocycles. The first-order valence-electron chi connectivity index (χ1n) is 11.2. The van der Waals surface area contributed by atoms with E-state index in [2.05, 4.69) is 22.0 Å². The van der Waals surface area contributed by atoms with Crippen LogP contribution in [0, 0.1) is 37.5 Å². The maximum Gasteiger partial charge on any atom is 0.269 e. The fourth-order valence-electron chi connectivity index (χ4n) is 5.02. The van der Waals surface area contributed by atoms with Gasteiger partial charge in [0.05, 0.1) is 21.8 Å². The van der Waals surface area contributed by atoms with Crippen LogP contribution in [0.15, 0.2) is 88.2 Å². The molecule has 3 aromatic rings. The molecule has 1 aliphatic heterocycles. The molecule has 0 radical (unpaired) electrons. The van der Waals surface area contributed by atoms with Gasteiger partial charge in [0, 0.05) is 21.5 Å². The molecule has 0 bridgehead atoms. The molecular weight excluding hydrogens is 564 g/mol. The summed E-state index contributed by atoms with van der Waals surface area (Å²) in [6.45, 7) is 1.64. The summed E-state index contributed by atoms with van der Waals surface area (Å²) in [7, 11) is -4.51. The molecule has 1 fully saturated rings. The van der Waals surface area contributed by atoms with Crippen molar-refractivity contribution in [1.82, 2.24) is 4.31 Å². The van der Waals surface area contributed by atoms with Gasteiger partial charge in [-0.05, 0) is 41.3 Å². The zero-order valence-electron chi connectivity index (χ0n) is 19.4. The minimum atomic E-state index is -4.51. The van der Waals surface area contributed by atoms with E-state index in [9.17, 15) is 33.9 Å². The smallest absolute Gasteiger partial charge is 0.264 e.